The second-order valence-electron chi connectivity index (χ2n) is 8.85. The number of nitrogens with two attached hydrogens (primary N) is 1. The molecule has 0 spiro atoms. The van der Waals surface area contributed by atoms with Crippen LogP contribution < -0.4 is 11.1 Å². The molecular formula is C24H33F3N4O3. The Morgan fingerprint density at radius 2 is 1.82 bits per heavy atom. The summed E-state index contributed by atoms with van der Waals surface area (Å²) in [6.07, 6.45) is 2.85. The number of rotatable bonds is 12. The summed E-state index contributed by atoms with van der Waals surface area (Å²) in [5.74, 6) is -3.71. The van der Waals surface area contributed by atoms with Gasteiger partial charge in [0.2, 0.25) is 11.7 Å². The number of benzene rings is 1. The van der Waals surface area contributed by atoms with Gasteiger partial charge in [-0.1, -0.05) is 20.8 Å². The lowest BCUT2D eigenvalue weighted by atomic mass is 9.97. The van der Waals surface area contributed by atoms with Crippen molar-refractivity contribution in [3.63, 3.8) is 0 Å². The average molecular weight is 483 g/mol. The molecular weight excluding hydrogens is 449 g/mol. The van der Waals surface area contributed by atoms with Crippen LogP contribution in [0.15, 0.2) is 22.9 Å². The minimum atomic E-state index is -1.24. The highest BCUT2D eigenvalue weighted by Gasteiger charge is 2.25. The van der Waals surface area contributed by atoms with Gasteiger partial charge in [0, 0.05) is 24.7 Å². The van der Waals surface area contributed by atoms with E-state index in [0.29, 0.717) is 37.6 Å². The van der Waals surface area contributed by atoms with E-state index in [1.165, 1.54) is 6.39 Å². The molecule has 3 N–H and O–H groups in total. The van der Waals surface area contributed by atoms with Crippen molar-refractivity contribution in [2.75, 3.05) is 13.1 Å². The smallest absolute Gasteiger partial charge is 0.289 e. The Labute approximate surface area is 197 Å². The zero-order chi connectivity index (χ0) is 25.4. The van der Waals surface area contributed by atoms with Gasteiger partial charge in [0.15, 0.2) is 18.0 Å². The molecule has 34 heavy (non-hydrogen) atoms. The Hall–Kier alpha value is -2.88. The quantitative estimate of drug-likeness (QED) is 0.449. The Bertz CT molecular complexity index is 980. The number of aryl methyl sites for hydroxylation is 1. The minimum absolute atomic E-state index is 0.0139. The van der Waals surface area contributed by atoms with Crippen LogP contribution in [0, 0.1) is 30.3 Å². The van der Waals surface area contributed by atoms with Gasteiger partial charge in [0.05, 0.1) is 12.2 Å². The van der Waals surface area contributed by atoms with Crippen LogP contribution in [0.4, 0.5) is 13.2 Å². The fourth-order valence-electron chi connectivity index (χ4n) is 3.80. The maximum Gasteiger partial charge on any atom is 0.289 e. The average Bonchev–Trinajstić information content (AvgIpc) is 3.20. The summed E-state index contributed by atoms with van der Waals surface area (Å²) in [7, 11) is 0. The van der Waals surface area contributed by atoms with E-state index < -0.39 is 29.4 Å². The molecule has 2 aromatic rings. The van der Waals surface area contributed by atoms with Crippen LogP contribution in [-0.4, -0.2) is 46.9 Å². The maximum atomic E-state index is 13.9. The topological polar surface area (TPSA) is 101 Å². The predicted molar refractivity (Wildman–Crippen MR) is 121 cm³/mol. The summed E-state index contributed by atoms with van der Waals surface area (Å²) >= 11 is 0. The lowest BCUT2D eigenvalue weighted by Gasteiger charge is -2.33. The molecule has 0 radical (unpaired) electrons. The van der Waals surface area contributed by atoms with E-state index in [2.05, 4.69) is 10.3 Å². The number of amides is 2. The van der Waals surface area contributed by atoms with Crippen LogP contribution >= 0.6 is 0 Å². The van der Waals surface area contributed by atoms with Crippen LogP contribution in [0.2, 0.25) is 0 Å². The van der Waals surface area contributed by atoms with Crippen molar-refractivity contribution in [2.45, 2.75) is 65.5 Å². The monoisotopic (exact) mass is 482 g/mol. The van der Waals surface area contributed by atoms with E-state index in [1.807, 2.05) is 20.8 Å². The number of carbonyl (C=O) groups excluding carboxylic acids is 2. The predicted octanol–water partition coefficient (Wildman–Crippen LogP) is 3.74. The van der Waals surface area contributed by atoms with E-state index in [-0.39, 0.29) is 42.2 Å². The molecule has 1 unspecified atom stereocenters. The Balaban J connectivity index is 1.99. The van der Waals surface area contributed by atoms with Gasteiger partial charge < -0.3 is 20.4 Å². The van der Waals surface area contributed by atoms with Crippen molar-refractivity contribution in [1.29, 1.82) is 0 Å². The third-order valence-corrected chi connectivity index (χ3v) is 5.59. The van der Waals surface area contributed by atoms with Crippen LogP contribution in [0.25, 0.3) is 0 Å². The first-order chi connectivity index (χ1) is 16.0. The third-order valence-electron chi connectivity index (χ3n) is 5.59. The molecule has 0 aliphatic rings. The zero-order valence-corrected chi connectivity index (χ0v) is 20.0. The second-order valence-corrected chi connectivity index (χ2v) is 8.85. The number of halogens is 3. The molecule has 2 amide bonds. The Kier molecular flexibility index (Phi) is 10.1. The fraction of sp³-hybridized carbons (Fsp3) is 0.542. The van der Waals surface area contributed by atoms with Crippen LogP contribution in [0.5, 0.6) is 0 Å². The van der Waals surface area contributed by atoms with Crippen molar-refractivity contribution in [3.05, 3.63) is 53.0 Å². The molecule has 0 fully saturated rings. The summed E-state index contributed by atoms with van der Waals surface area (Å²) in [5.41, 5.74) is 6.60. The number of aromatic nitrogens is 1. The van der Waals surface area contributed by atoms with Crippen molar-refractivity contribution >= 4 is 11.8 Å². The van der Waals surface area contributed by atoms with Crippen LogP contribution in [-0.2, 0) is 11.2 Å². The van der Waals surface area contributed by atoms with Crippen molar-refractivity contribution < 1.29 is 27.2 Å². The fourth-order valence-corrected chi connectivity index (χ4v) is 3.80. The number of hydrogen-bond acceptors (Lipinski definition) is 5. The highest BCUT2D eigenvalue weighted by atomic mass is 19.2. The lowest BCUT2D eigenvalue weighted by Crippen LogP contribution is -2.47. The Morgan fingerprint density at radius 3 is 2.41 bits per heavy atom. The van der Waals surface area contributed by atoms with Gasteiger partial charge in [0.25, 0.3) is 5.91 Å². The van der Waals surface area contributed by atoms with Gasteiger partial charge in [-0.25, -0.2) is 18.2 Å². The second kappa shape index (κ2) is 12.5. The molecule has 188 valence electrons. The molecule has 10 heteroatoms. The highest BCUT2D eigenvalue weighted by Crippen LogP contribution is 2.19. The number of nitrogens with zero attached hydrogens (tertiary/aromatic N) is 2. The molecule has 0 saturated carbocycles. The van der Waals surface area contributed by atoms with Gasteiger partial charge in [-0.3, -0.25) is 9.59 Å². The first kappa shape index (κ1) is 27.4. The summed E-state index contributed by atoms with van der Waals surface area (Å²) in [6, 6.07) is 0.692. The largest absolute Gasteiger partial charge is 0.438 e. The molecule has 1 aromatic carbocycles. The number of nitrogens with one attached hydrogen (secondary N) is 1. The Morgan fingerprint density at radius 1 is 1.15 bits per heavy atom. The van der Waals surface area contributed by atoms with Crippen molar-refractivity contribution in [1.82, 2.24) is 15.2 Å². The maximum absolute atomic E-state index is 13.9. The summed E-state index contributed by atoms with van der Waals surface area (Å²) in [5, 5.41) is 2.58. The zero-order valence-electron chi connectivity index (χ0n) is 20.0. The molecule has 0 aliphatic carbocycles. The first-order valence-electron chi connectivity index (χ1n) is 11.4. The summed E-state index contributed by atoms with van der Waals surface area (Å²) in [4.78, 5) is 30.9. The van der Waals surface area contributed by atoms with E-state index in [4.69, 9.17) is 10.2 Å². The molecule has 2 atom stereocenters. The van der Waals surface area contributed by atoms with Crippen molar-refractivity contribution in [2.24, 2.45) is 11.7 Å². The molecule has 0 aliphatic heterocycles. The molecule has 0 bridgehead atoms. The molecule has 7 nitrogen and oxygen atoms in total. The van der Waals surface area contributed by atoms with Crippen LogP contribution in [0.1, 0.15) is 61.8 Å². The van der Waals surface area contributed by atoms with E-state index in [0.717, 1.165) is 6.07 Å². The third kappa shape index (κ3) is 7.58. The van der Waals surface area contributed by atoms with Gasteiger partial charge in [-0.2, -0.15) is 0 Å². The number of hydrogen-bond donors (Lipinski definition) is 2. The van der Waals surface area contributed by atoms with E-state index in [9.17, 15) is 22.8 Å². The summed E-state index contributed by atoms with van der Waals surface area (Å²) < 4.78 is 45.6. The van der Waals surface area contributed by atoms with Crippen LogP contribution in [0.3, 0.4) is 0 Å². The molecule has 2 rings (SSSR count). The SMILES string of the molecule is CCC(CC[C@H](N)Cc1cc(F)c(F)cc1F)N(CC(C)C)C(=O)CNC(=O)c1ocnc1C. The standard InChI is InChI=1S/C24H33F3N4O3/c1-5-18(7-6-17(28)8-16-9-20(26)21(27)10-19(16)25)31(12-14(2)3)22(32)11-29-24(33)23-15(4)30-13-34-23/h9-10,13-14,17-18H,5-8,11-12,28H2,1-4H3,(H,29,33)/t17-,18?/m0/s1. The summed E-state index contributed by atoms with van der Waals surface area (Å²) in [6.45, 7) is 7.84. The van der Waals surface area contributed by atoms with E-state index >= 15 is 0 Å². The lowest BCUT2D eigenvalue weighted by molar-refractivity contribution is -0.133. The first-order valence-corrected chi connectivity index (χ1v) is 11.4. The molecule has 1 aromatic heterocycles. The van der Waals surface area contributed by atoms with Gasteiger partial charge in [-0.15, -0.1) is 0 Å². The molecule has 0 saturated heterocycles. The van der Waals surface area contributed by atoms with Crippen molar-refractivity contribution in [3.8, 4) is 0 Å². The number of carbonyl (C=O) groups is 2. The van der Waals surface area contributed by atoms with Gasteiger partial charge in [-0.05, 0) is 50.2 Å². The van der Waals surface area contributed by atoms with Gasteiger partial charge >= 0.3 is 0 Å². The van der Waals surface area contributed by atoms with Gasteiger partial charge in [0.1, 0.15) is 5.82 Å². The number of oxazole rings is 1. The molecule has 1 heterocycles. The normalized spacial score (nSPS) is 13.1. The minimum Gasteiger partial charge on any atom is -0.438 e. The highest BCUT2D eigenvalue weighted by molar-refractivity contribution is 5.94. The van der Waals surface area contributed by atoms with E-state index in [1.54, 1.807) is 11.8 Å².